The van der Waals surface area contributed by atoms with Crippen molar-refractivity contribution in [3.8, 4) is 11.8 Å². The van der Waals surface area contributed by atoms with Crippen LogP contribution in [-0.4, -0.2) is 33.8 Å². The summed E-state index contributed by atoms with van der Waals surface area (Å²) in [5, 5.41) is 0. The van der Waals surface area contributed by atoms with Crippen molar-refractivity contribution in [2.24, 2.45) is 0 Å². The Morgan fingerprint density at radius 3 is 2.67 bits per heavy atom. The van der Waals surface area contributed by atoms with Crippen molar-refractivity contribution in [3.63, 3.8) is 0 Å². The Bertz CT molecular complexity index is 350. The second-order valence-corrected chi connectivity index (χ2v) is 4.67. The number of methoxy groups -OCH3 is 1. The van der Waals surface area contributed by atoms with Crippen LogP contribution in [0.25, 0.3) is 0 Å². The average molecular weight is 233 g/mol. The topological polar surface area (TPSA) is 72.5 Å². The van der Waals surface area contributed by atoms with Gasteiger partial charge in [0.2, 0.25) is 10.0 Å². The van der Waals surface area contributed by atoms with Gasteiger partial charge in [-0.15, -0.1) is 5.92 Å². The van der Waals surface area contributed by atoms with E-state index in [9.17, 15) is 13.2 Å². The van der Waals surface area contributed by atoms with E-state index in [-0.39, 0.29) is 25.1 Å². The van der Waals surface area contributed by atoms with Gasteiger partial charge in [0.25, 0.3) is 0 Å². The van der Waals surface area contributed by atoms with Crippen molar-refractivity contribution in [2.45, 2.75) is 19.8 Å². The zero-order valence-corrected chi connectivity index (χ0v) is 9.69. The maximum Gasteiger partial charge on any atom is 0.305 e. The number of carbonyl (C=O) groups excluding carboxylic acids is 1. The van der Waals surface area contributed by atoms with Gasteiger partial charge in [-0.25, -0.2) is 13.1 Å². The normalized spacial score (nSPS) is 10.3. The van der Waals surface area contributed by atoms with Crippen molar-refractivity contribution in [3.05, 3.63) is 0 Å². The molecule has 0 fully saturated rings. The van der Waals surface area contributed by atoms with Gasteiger partial charge in [-0.1, -0.05) is 5.92 Å². The van der Waals surface area contributed by atoms with Crippen LogP contribution in [0, 0.1) is 11.8 Å². The third-order valence-corrected chi connectivity index (χ3v) is 2.99. The number of esters is 1. The second-order valence-electron chi connectivity index (χ2n) is 2.75. The molecule has 0 rings (SSSR count). The SMILES string of the molecule is CC#CCNS(=O)(=O)CCCC(=O)OC. The van der Waals surface area contributed by atoms with E-state index < -0.39 is 16.0 Å². The quantitative estimate of drug-likeness (QED) is 0.513. The Balaban J connectivity index is 3.83. The first-order valence-electron chi connectivity index (χ1n) is 4.45. The predicted molar refractivity (Wildman–Crippen MR) is 56.5 cm³/mol. The molecule has 0 saturated heterocycles. The lowest BCUT2D eigenvalue weighted by molar-refractivity contribution is -0.140. The molecule has 0 aliphatic heterocycles. The van der Waals surface area contributed by atoms with Crippen LogP contribution in [0.4, 0.5) is 0 Å². The van der Waals surface area contributed by atoms with E-state index in [1.807, 2.05) is 0 Å². The summed E-state index contributed by atoms with van der Waals surface area (Å²) >= 11 is 0. The molecule has 5 nitrogen and oxygen atoms in total. The van der Waals surface area contributed by atoms with E-state index in [4.69, 9.17) is 0 Å². The van der Waals surface area contributed by atoms with E-state index in [1.54, 1.807) is 6.92 Å². The maximum absolute atomic E-state index is 11.2. The summed E-state index contributed by atoms with van der Waals surface area (Å²) in [4.78, 5) is 10.7. The molecule has 15 heavy (non-hydrogen) atoms. The Morgan fingerprint density at radius 2 is 2.13 bits per heavy atom. The smallest absolute Gasteiger partial charge is 0.305 e. The van der Waals surface area contributed by atoms with Gasteiger partial charge in [0.1, 0.15) is 0 Å². The highest BCUT2D eigenvalue weighted by Crippen LogP contribution is 1.95. The summed E-state index contributed by atoms with van der Waals surface area (Å²) in [7, 11) is -2.05. The van der Waals surface area contributed by atoms with E-state index in [0.29, 0.717) is 0 Å². The minimum atomic E-state index is -3.32. The molecule has 86 valence electrons. The highest BCUT2D eigenvalue weighted by atomic mass is 32.2. The van der Waals surface area contributed by atoms with Gasteiger partial charge in [-0.2, -0.15) is 0 Å². The molecule has 0 aromatic carbocycles. The molecule has 0 radical (unpaired) electrons. The van der Waals surface area contributed by atoms with Crippen LogP contribution in [-0.2, 0) is 19.6 Å². The number of hydrogen-bond donors (Lipinski definition) is 1. The summed E-state index contributed by atoms with van der Waals surface area (Å²) in [6.07, 6.45) is 0.360. The zero-order chi connectivity index (χ0) is 11.7. The third-order valence-electron chi connectivity index (χ3n) is 1.58. The average Bonchev–Trinajstić information content (AvgIpc) is 2.17. The molecule has 0 aromatic heterocycles. The first kappa shape index (κ1) is 13.9. The van der Waals surface area contributed by atoms with Crippen LogP contribution in [0.3, 0.4) is 0 Å². The molecule has 1 N–H and O–H groups in total. The van der Waals surface area contributed by atoms with Crippen molar-refractivity contribution >= 4 is 16.0 Å². The number of nitrogens with one attached hydrogen (secondary N) is 1. The van der Waals surface area contributed by atoms with Crippen LogP contribution < -0.4 is 4.72 Å². The summed E-state index contributed by atoms with van der Waals surface area (Å²) in [5.41, 5.74) is 0. The van der Waals surface area contributed by atoms with Crippen molar-refractivity contribution in [1.29, 1.82) is 0 Å². The minimum Gasteiger partial charge on any atom is -0.469 e. The molecular weight excluding hydrogens is 218 g/mol. The van der Waals surface area contributed by atoms with Gasteiger partial charge >= 0.3 is 5.97 Å². The Kier molecular flexibility index (Phi) is 6.75. The second kappa shape index (κ2) is 7.26. The number of carbonyl (C=O) groups is 1. The van der Waals surface area contributed by atoms with Gasteiger partial charge < -0.3 is 4.74 Å². The van der Waals surface area contributed by atoms with E-state index >= 15 is 0 Å². The lowest BCUT2D eigenvalue weighted by Crippen LogP contribution is -2.27. The van der Waals surface area contributed by atoms with Gasteiger partial charge in [-0.05, 0) is 13.3 Å². The summed E-state index contributed by atoms with van der Waals surface area (Å²) in [6, 6.07) is 0. The molecule has 0 saturated carbocycles. The Labute approximate surface area is 90.2 Å². The molecule has 0 spiro atoms. The van der Waals surface area contributed by atoms with Crippen LogP contribution in [0.5, 0.6) is 0 Å². The highest BCUT2D eigenvalue weighted by molar-refractivity contribution is 7.89. The molecule has 0 aliphatic rings. The molecule has 0 atom stereocenters. The molecule has 0 amide bonds. The van der Waals surface area contributed by atoms with E-state index in [0.717, 1.165) is 0 Å². The lowest BCUT2D eigenvalue weighted by Gasteiger charge is -2.02. The first-order chi connectivity index (χ1) is 7.02. The van der Waals surface area contributed by atoms with Gasteiger partial charge in [-0.3, -0.25) is 4.79 Å². The summed E-state index contributed by atoms with van der Waals surface area (Å²) in [6.45, 7) is 1.74. The molecule has 0 aromatic rings. The molecule has 0 aliphatic carbocycles. The first-order valence-corrected chi connectivity index (χ1v) is 6.11. The highest BCUT2D eigenvalue weighted by Gasteiger charge is 2.10. The molecular formula is C9H15NO4S. The maximum atomic E-state index is 11.2. The Morgan fingerprint density at radius 1 is 1.47 bits per heavy atom. The number of hydrogen-bond acceptors (Lipinski definition) is 4. The van der Waals surface area contributed by atoms with Crippen LogP contribution in [0.2, 0.25) is 0 Å². The van der Waals surface area contributed by atoms with E-state index in [2.05, 4.69) is 21.3 Å². The molecule has 0 bridgehead atoms. The van der Waals surface area contributed by atoms with Crippen molar-refractivity contribution < 1.29 is 17.9 Å². The summed E-state index contributed by atoms with van der Waals surface area (Å²) < 4.78 is 29.2. The van der Waals surface area contributed by atoms with Crippen LogP contribution in [0.1, 0.15) is 19.8 Å². The molecule has 6 heteroatoms. The van der Waals surface area contributed by atoms with Crippen LogP contribution >= 0.6 is 0 Å². The fourth-order valence-electron chi connectivity index (χ4n) is 0.815. The molecule has 0 unspecified atom stereocenters. The monoisotopic (exact) mass is 233 g/mol. The fourth-order valence-corrected chi connectivity index (χ4v) is 1.78. The van der Waals surface area contributed by atoms with Gasteiger partial charge in [0.05, 0.1) is 19.4 Å². The largest absolute Gasteiger partial charge is 0.469 e. The number of rotatable bonds is 6. The van der Waals surface area contributed by atoms with E-state index in [1.165, 1.54) is 7.11 Å². The standard InChI is InChI=1S/C9H15NO4S/c1-3-4-7-10-15(12,13)8-5-6-9(11)14-2/h10H,5-8H2,1-2H3. The molecule has 0 heterocycles. The number of sulfonamides is 1. The Hall–Kier alpha value is -1.06. The van der Waals surface area contributed by atoms with Gasteiger partial charge in [0.15, 0.2) is 0 Å². The number of ether oxygens (including phenoxy) is 1. The predicted octanol–water partition coefficient (Wildman–Crippen LogP) is -0.118. The third kappa shape index (κ3) is 7.97. The lowest BCUT2D eigenvalue weighted by atomic mass is 10.3. The van der Waals surface area contributed by atoms with Crippen LogP contribution in [0.15, 0.2) is 0 Å². The van der Waals surface area contributed by atoms with Crippen molar-refractivity contribution in [2.75, 3.05) is 19.4 Å². The van der Waals surface area contributed by atoms with Gasteiger partial charge in [0, 0.05) is 6.42 Å². The summed E-state index contributed by atoms with van der Waals surface area (Å²) in [5.74, 6) is 4.66. The fraction of sp³-hybridized carbons (Fsp3) is 0.667. The van der Waals surface area contributed by atoms with Crippen molar-refractivity contribution in [1.82, 2.24) is 4.72 Å². The minimum absolute atomic E-state index is 0.0898. The zero-order valence-electron chi connectivity index (χ0n) is 8.87.